The molecule has 1 aromatic rings. The molecule has 1 heterocycles. The highest BCUT2D eigenvalue weighted by Gasteiger charge is 2.14. The molecule has 0 spiro atoms. The summed E-state index contributed by atoms with van der Waals surface area (Å²) in [5, 5.41) is 16.1. The van der Waals surface area contributed by atoms with Crippen LogP contribution in [0.15, 0.2) is 17.5 Å². The van der Waals surface area contributed by atoms with Crippen LogP contribution in [-0.2, 0) is 9.47 Å². The minimum atomic E-state index is -0.258. The summed E-state index contributed by atoms with van der Waals surface area (Å²) in [6.45, 7) is 1.50. The van der Waals surface area contributed by atoms with Gasteiger partial charge in [-0.1, -0.05) is 6.07 Å². The van der Waals surface area contributed by atoms with Crippen LogP contribution >= 0.6 is 11.3 Å². The first kappa shape index (κ1) is 15.9. The normalized spacial score (nSPS) is 12.1. The van der Waals surface area contributed by atoms with Gasteiger partial charge in [-0.15, -0.1) is 11.3 Å². The van der Waals surface area contributed by atoms with Crippen molar-refractivity contribution in [3.8, 4) is 0 Å². The molecule has 0 bridgehead atoms. The lowest BCUT2D eigenvalue weighted by molar-refractivity contribution is 0.0314. The second-order valence-electron chi connectivity index (χ2n) is 3.73. The average Bonchev–Trinajstić information content (AvgIpc) is 2.93. The number of aliphatic hydroxyl groups excluding tert-OH is 1. The van der Waals surface area contributed by atoms with E-state index in [-0.39, 0.29) is 25.3 Å². The lowest BCUT2D eigenvalue weighted by Gasteiger charge is -2.17. The Hall–Kier alpha value is -1.15. The maximum atomic E-state index is 11.5. The molecular weight excluding hydrogens is 268 g/mol. The summed E-state index contributed by atoms with van der Waals surface area (Å²) in [6.07, 6.45) is -0.236. The predicted molar refractivity (Wildman–Crippen MR) is 73.4 cm³/mol. The second-order valence-corrected chi connectivity index (χ2v) is 4.71. The van der Waals surface area contributed by atoms with Crippen LogP contribution in [0.25, 0.3) is 0 Å². The van der Waals surface area contributed by atoms with Crippen molar-refractivity contribution >= 4 is 17.4 Å². The predicted octanol–water partition coefficient (Wildman–Crippen LogP) is 0.744. The molecule has 108 valence electrons. The Labute approximate surface area is 116 Å². The molecule has 1 rings (SSSR count). The molecule has 3 N–H and O–H groups in total. The molecule has 1 aromatic heterocycles. The number of ether oxygens (including phenoxy) is 2. The zero-order chi connectivity index (χ0) is 13.9. The van der Waals surface area contributed by atoms with E-state index in [0.717, 1.165) is 4.88 Å². The van der Waals surface area contributed by atoms with E-state index in [1.807, 2.05) is 17.5 Å². The number of amides is 2. The maximum Gasteiger partial charge on any atom is 0.314 e. The lowest BCUT2D eigenvalue weighted by Crippen LogP contribution is -2.39. The fourth-order valence-corrected chi connectivity index (χ4v) is 2.20. The van der Waals surface area contributed by atoms with Crippen LogP contribution in [0.4, 0.5) is 4.79 Å². The summed E-state index contributed by atoms with van der Waals surface area (Å²) < 4.78 is 10.3. The quantitative estimate of drug-likeness (QED) is 0.586. The number of thiophene rings is 1. The molecular formula is C12H20N2O4S. The summed E-state index contributed by atoms with van der Waals surface area (Å²) >= 11 is 1.56. The first-order chi connectivity index (χ1) is 9.27. The van der Waals surface area contributed by atoms with Gasteiger partial charge in [0.05, 0.1) is 26.4 Å². The highest BCUT2D eigenvalue weighted by Crippen LogP contribution is 2.21. The number of hydrogen-bond donors (Lipinski definition) is 3. The third kappa shape index (κ3) is 6.53. The highest BCUT2D eigenvalue weighted by atomic mass is 32.1. The smallest absolute Gasteiger partial charge is 0.314 e. The molecule has 19 heavy (non-hydrogen) atoms. The molecule has 0 unspecified atom stereocenters. The summed E-state index contributed by atoms with van der Waals surface area (Å²) in [5.74, 6) is 0. The Bertz CT molecular complexity index is 346. The van der Waals surface area contributed by atoms with Crippen molar-refractivity contribution in [3.05, 3.63) is 22.4 Å². The Morgan fingerprint density at radius 1 is 1.47 bits per heavy atom. The van der Waals surface area contributed by atoms with Gasteiger partial charge < -0.3 is 25.2 Å². The van der Waals surface area contributed by atoms with Gasteiger partial charge in [-0.05, 0) is 11.4 Å². The number of urea groups is 1. The number of methoxy groups -OCH3 is 1. The van der Waals surface area contributed by atoms with Gasteiger partial charge >= 0.3 is 6.03 Å². The van der Waals surface area contributed by atoms with E-state index >= 15 is 0 Å². The summed E-state index contributed by atoms with van der Waals surface area (Å²) in [4.78, 5) is 12.5. The van der Waals surface area contributed by atoms with Crippen molar-refractivity contribution < 1.29 is 19.4 Å². The number of carbonyl (C=O) groups excluding carboxylic acids is 1. The molecule has 1 atom stereocenters. The molecule has 0 aliphatic heterocycles. The Morgan fingerprint density at radius 3 is 2.95 bits per heavy atom. The molecule has 0 saturated carbocycles. The third-order valence-electron chi connectivity index (χ3n) is 2.31. The Morgan fingerprint density at radius 2 is 2.32 bits per heavy atom. The Kier molecular flexibility index (Phi) is 8.15. The number of rotatable bonds is 9. The fourth-order valence-electron chi connectivity index (χ4n) is 1.43. The van der Waals surface area contributed by atoms with Crippen LogP contribution in [0.2, 0.25) is 0 Å². The molecule has 0 aliphatic rings. The largest absolute Gasteiger partial charge is 0.394 e. The van der Waals surface area contributed by atoms with E-state index in [2.05, 4.69) is 10.6 Å². The first-order valence-electron chi connectivity index (χ1n) is 6.04. The highest BCUT2D eigenvalue weighted by molar-refractivity contribution is 7.10. The summed E-state index contributed by atoms with van der Waals surface area (Å²) in [6, 6.07) is 3.61. The topological polar surface area (TPSA) is 79.8 Å². The molecule has 0 aliphatic carbocycles. The van der Waals surface area contributed by atoms with Gasteiger partial charge in [0.15, 0.2) is 0 Å². The lowest BCUT2D eigenvalue weighted by atomic mass is 10.3. The van der Waals surface area contributed by atoms with Crippen molar-refractivity contribution in [2.24, 2.45) is 0 Å². The standard InChI is InChI=1S/C12H20N2O4S/c1-17-6-4-13-12(16)14-9-10(18-7-5-15)11-3-2-8-19-11/h2-3,8,10,15H,4-7,9H2,1H3,(H2,13,14,16)/t10-/m0/s1. The van der Waals surface area contributed by atoms with Gasteiger partial charge in [0.25, 0.3) is 0 Å². The third-order valence-corrected chi connectivity index (χ3v) is 3.27. The molecule has 0 aromatic carbocycles. The molecule has 2 amide bonds. The van der Waals surface area contributed by atoms with Crippen LogP contribution in [0.3, 0.4) is 0 Å². The van der Waals surface area contributed by atoms with Crippen LogP contribution < -0.4 is 10.6 Å². The van der Waals surface area contributed by atoms with E-state index in [0.29, 0.717) is 19.7 Å². The van der Waals surface area contributed by atoms with Crippen LogP contribution in [0.5, 0.6) is 0 Å². The number of carbonyl (C=O) groups is 1. The summed E-state index contributed by atoms with van der Waals surface area (Å²) in [5.41, 5.74) is 0. The number of nitrogens with one attached hydrogen (secondary N) is 2. The average molecular weight is 288 g/mol. The second kappa shape index (κ2) is 9.74. The van der Waals surface area contributed by atoms with Crippen molar-refractivity contribution in [1.29, 1.82) is 0 Å². The van der Waals surface area contributed by atoms with Gasteiger partial charge in [-0.3, -0.25) is 0 Å². The minimum absolute atomic E-state index is 0.0398. The summed E-state index contributed by atoms with van der Waals surface area (Å²) in [7, 11) is 1.58. The van der Waals surface area contributed by atoms with E-state index in [4.69, 9.17) is 14.6 Å². The number of hydrogen-bond acceptors (Lipinski definition) is 5. The minimum Gasteiger partial charge on any atom is -0.394 e. The van der Waals surface area contributed by atoms with E-state index in [9.17, 15) is 4.79 Å². The van der Waals surface area contributed by atoms with Gasteiger partial charge in [0.2, 0.25) is 0 Å². The van der Waals surface area contributed by atoms with Crippen molar-refractivity contribution in [2.75, 3.05) is 40.0 Å². The van der Waals surface area contributed by atoms with Crippen molar-refractivity contribution in [2.45, 2.75) is 6.10 Å². The molecule has 7 heteroatoms. The zero-order valence-corrected chi connectivity index (χ0v) is 11.7. The first-order valence-corrected chi connectivity index (χ1v) is 6.92. The van der Waals surface area contributed by atoms with E-state index in [1.165, 1.54) is 0 Å². The van der Waals surface area contributed by atoms with Gasteiger partial charge in [0.1, 0.15) is 6.10 Å². The van der Waals surface area contributed by atoms with Crippen LogP contribution in [0.1, 0.15) is 11.0 Å². The molecule has 6 nitrogen and oxygen atoms in total. The molecule has 0 radical (unpaired) electrons. The monoisotopic (exact) mass is 288 g/mol. The Balaban J connectivity index is 2.34. The van der Waals surface area contributed by atoms with E-state index in [1.54, 1.807) is 18.4 Å². The maximum absolute atomic E-state index is 11.5. The van der Waals surface area contributed by atoms with E-state index < -0.39 is 0 Å². The van der Waals surface area contributed by atoms with Crippen LogP contribution in [0, 0.1) is 0 Å². The van der Waals surface area contributed by atoms with Gasteiger partial charge in [-0.25, -0.2) is 4.79 Å². The molecule has 0 fully saturated rings. The van der Waals surface area contributed by atoms with Crippen molar-refractivity contribution in [1.82, 2.24) is 10.6 Å². The van der Waals surface area contributed by atoms with Gasteiger partial charge in [0, 0.05) is 18.5 Å². The van der Waals surface area contributed by atoms with Gasteiger partial charge in [-0.2, -0.15) is 0 Å². The number of aliphatic hydroxyl groups is 1. The van der Waals surface area contributed by atoms with Crippen LogP contribution in [-0.4, -0.2) is 51.2 Å². The zero-order valence-electron chi connectivity index (χ0n) is 10.9. The SMILES string of the molecule is COCCNC(=O)NC[C@H](OCCO)c1cccs1. The molecule has 0 saturated heterocycles. The van der Waals surface area contributed by atoms with Crippen molar-refractivity contribution in [3.63, 3.8) is 0 Å². The fraction of sp³-hybridized carbons (Fsp3) is 0.583.